The second-order valence-electron chi connectivity index (χ2n) is 5.50. The first-order chi connectivity index (χ1) is 8.03. The molecule has 17 heavy (non-hydrogen) atoms. The molecule has 1 aromatic carbocycles. The fourth-order valence-corrected chi connectivity index (χ4v) is 1.83. The molecule has 0 atom stereocenters. The van der Waals surface area contributed by atoms with E-state index >= 15 is 0 Å². The molecule has 0 aliphatic rings. The summed E-state index contributed by atoms with van der Waals surface area (Å²) in [4.78, 5) is 0. The van der Waals surface area contributed by atoms with E-state index in [2.05, 4.69) is 50.4 Å². The van der Waals surface area contributed by atoms with Gasteiger partial charge in [0.05, 0.1) is 0 Å². The van der Waals surface area contributed by atoms with Crippen molar-refractivity contribution in [2.75, 3.05) is 20.3 Å². The van der Waals surface area contributed by atoms with Gasteiger partial charge >= 0.3 is 0 Å². The molecule has 0 amide bonds. The largest absolute Gasteiger partial charge is 0.385 e. The molecule has 2 nitrogen and oxygen atoms in total. The molecular formula is C15H25NO. The van der Waals surface area contributed by atoms with Gasteiger partial charge in [0.15, 0.2) is 0 Å². The Hall–Kier alpha value is -0.860. The van der Waals surface area contributed by atoms with Gasteiger partial charge in [-0.05, 0) is 24.3 Å². The van der Waals surface area contributed by atoms with Crippen LogP contribution in [0.15, 0.2) is 24.3 Å². The van der Waals surface area contributed by atoms with Gasteiger partial charge in [-0.3, -0.25) is 0 Å². The molecule has 0 unspecified atom stereocenters. The summed E-state index contributed by atoms with van der Waals surface area (Å²) in [7, 11) is 1.76. The second kappa shape index (κ2) is 6.77. The lowest BCUT2D eigenvalue weighted by molar-refractivity contribution is 0.150. The van der Waals surface area contributed by atoms with Crippen molar-refractivity contribution in [3.8, 4) is 0 Å². The van der Waals surface area contributed by atoms with Gasteiger partial charge in [0.1, 0.15) is 0 Å². The lowest BCUT2D eigenvalue weighted by Crippen LogP contribution is -2.30. The molecule has 0 aromatic heterocycles. The zero-order chi connectivity index (χ0) is 12.7. The van der Waals surface area contributed by atoms with Crippen molar-refractivity contribution in [1.29, 1.82) is 0 Å². The molecule has 1 rings (SSSR count). The third-order valence-corrected chi connectivity index (χ3v) is 3.00. The zero-order valence-corrected chi connectivity index (χ0v) is 11.5. The van der Waals surface area contributed by atoms with Crippen molar-refractivity contribution >= 4 is 0 Å². The summed E-state index contributed by atoms with van der Waals surface area (Å²) in [6, 6.07) is 8.64. The molecule has 0 aliphatic carbocycles. The van der Waals surface area contributed by atoms with Gasteiger partial charge in [0.2, 0.25) is 0 Å². The highest BCUT2D eigenvalue weighted by Gasteiger charge is 2.16. The Morgan fingerprint density at radius 3 is 2.71 bits per heavy atom. The van der Waals surface area contributed by atoms with Crippen molar-refractivity contribution in [1.82, 2.24) is 5.32 Å². The van der Waals surface area contributed by atoms with E-state index in [1.165, 1.54) is 11.1 Å². The Kier molecular flexibility index (Phi) is 5.66. The van der Waals surface area contributed by atoms with E-state index in [-0.39, 0.29) is 0 Å². The quantitative estimate of drug-likeness (QED) is 0.784. The first kappa shape index (κ1) is 14.2. The van der Waals surface area contributed by atoms with Crippen LogP contribution in [-0.2, 0) is 11.3 Å². The highest BCUT2D eigenvalue weighted by atomic mass is 16.5. The molecule has 1 aromatic rings. The van der Waals surface area contributed by atoms with E-state index in [4.69, 9.17) is 4.74 Å². The number of benzene rings is 1. The van der Waals surface area contributed by atoms with Gasteiger partial charge < -0.3 is 10.1 Å². The van der Waals surface area contributed by atoms with Crippen molar-refractivity contribution in [3.05, 3.63) is 35.4 Å². The zero-order valence-electron chi connectivity index (χ0n) is 11.5. The van der Waals surface area contributed by atoms with E-state index < -0.39 is 0 Å². The first-order valence-corrected chi connectivity index (χ1v) is 6.29. The molecule has 0 fully saturated rings. The Labute approximate surface area is 105 Å². The number of rotatable bonds is 7. The smallest absolute Gasteiger partial charge is 0.0467 e. The molecule has 0 bridgehead atoms. The lowest BCUT2D eigenvalue weighted by atomic mass is 9.89. The average molecular weight is 235 g/mol. The monoisotopic (exact) mass is 235 g/mol. The summed E-state index contributed by atoms with van der Waals surface area (Å²) in [5.74, 6) is 0. The Balaban J connectivity index is 2.32. The van der Waals surface area contributed by atoms with Gasteiger partial charge in [-0.1, -0.05) is 43.7 Å². The van der Waals surface area contributed by atoms with Crippen LogP contribution in [0.5, 0.6) is 0 Å². The predicted octanol–water partition coefficient (Wildman–Crippen LogP) is 3.15. The van der Waals surface area contributed by atoms with Crippen LogP contribution in [0.1, 0.15) is 31.4 Å². The third-order valence-electron chi connectivity index (χ3n) is 3.00. The molecule has 0 spiro atoms. The minimum atomic E-state index is 0.292. The first-order valence-electron chi connectivity index (χ1n) is 6.29. The van der Waals surface area contributed by atoms with Crippen molar-refractivity contribution in [2.24, 2.45) is 5.41 Å². The van der Waals surface area contributed by atoms with Crippen LogP contribution in [0, 0.1) is 12.3 Å². The Morgan fingerprint density at radius 2 is 2.06 bits per heavy atom. The number of aryl methyl sites for hydroxylation is 1. The molecule has 0 heterocycles. The van der Waals surface area contributed by atoms with Crippen LogP contribution in [0.4, 0.5) is 0 Å². The van der Waals surface area contributed by atoms with Crippen LogP contribution in [0.2, 0.25) is 0 Å². The Morgan fingerprint density at radius 1 is 1.29 bits per heavy atom. The number of methoxy groups -OCH3 is 1. The van der Waals surface area contributed by atoms with Gasteiger partial charge in [-0.2, -0.15) is 0 Å². The normalized spacial score (nSPS) is 11.8. The van der Waals surface area contributed by atoms with Crippen molar-refractivity contribution in [2.45, 2.75) is 33.7 Å². The molecule has 1 N–H and O–H groups in total. The maximum atomic E-state index is 5.13. The van der Waals surface area contributed by atoms with Crippen LogP contribution >= 0.6 is 0 Å². The maximum absolute atomic E-state index is 5.13. The molecule has 0 aliphatic heterocycles. The van der Waals surface area contributed by atoms with Crippen LogP contribution < -0.4 is 5.32 Å². The fourth-order valence-electron chi connectivity index (χ4n) is 1.83. The molecule has 96 valence electrons. The standard InChI is InChI=1S/C15H25NO/c1-13-6-5-7-14(10-13)11-16-12-15(2,3)8-9-17-4/h5-7,10,16H,8-9,11-12H2,1-4H3. The van der Waals surface area contributed by atoms with E-state index in [9.17, 15) is 0 Å². The van der Waals surface area contributed by atoms with E-state index in [1.807, 2.05) is 0 Å². The third kappa shape index (κ3) is 5.85. The van der Waals surface area contributed by atoms with Gasteiger partial charge in [-0.25, -0.2) is 0 Å². The minimum Gasteiger partial charge on any atom is -0.385 e. The average Bonchev–Trinajstić information content (AvgIpc) is 2.26. The molecular weight excluding hydrogens is 210 g/mol. The van der Waals surface area contributed by atoms with Gasteiger partial charge in [0.25, 0.3) is 0 Å². The van der Waals surface area contributed by atoms with E-state index in [1.54, 1.807) is 7.11 Å². The summed E-state index contributed by atoms with van der Waals surface area (Å²) in [5.41, 5.74) is 2.97. The van der Waals surface area contributed by atoms with Crippen molar-refractivity contribution in [3.63, 3.8) is 0 Å². The molecule has 0 radical (unpaired) electrons. The Bertz CT molecular complexity index is 333. The fraction of sp³-hybridized carbons (Fsp3) is 0.600. The summed E-state index contributed by atoms with van der Waals surface area (Å²) >= 11 is 0. The molecule has 0 saturated heterocycles. The van der Waals surface area contributed by atoms with Gasteiger partial charge in [-0.15, -0.1) is 0 Å². The number of ether oxygens (including phenoxy) is 1. The molecule has 0 saturated carbocycles. The SMILES string of the molecule is COCCC(C)(C)CNCc1cccc(C)c1. The number of hydrogen-bond acceptors (Lipinski definition) is 2. The van der Waals surface area contributed by atoms with Crippen molar-refractivity contribution < 1.29 is 4.74 Å². The lowest BCUT2D eigenvalue weighted by Gasteiger charge is -2.24. The highest BCUT2D eigenvalue weighted by molar-refractivity contribution is 5.21. The summed E-state index contributed by atoms with van der Waals surface area (Å²) in [5, 5.41) is 3.52. The van der Waals surface area contributed by atoms with Crippen LogP contribution in [-0.4, -0.2) is 20.3 Å². The van der Waals surface area contributed by atoms with E-state index in [0.717, 1.165) is 26.1 Å². The van der Waals surface area contributed by atoms with Gasteiger partial charge in [0, 0.05) is 26.8 Å². The summed E-state index contributed by atoms with van der Waals surface area (Å²) in [6.07, 6.45) is 1.09. The van der Waals surface area contributed by atoms with Crippen LogP contribution in [0.3, 0.4) is 0 Å². The number of nitrogens with one attached hydrogen (secondary N) is 1. The molecule has 2 heteroatoms. The summed E-state index contributed by atoms with van der Waals surface area (Å²) < 4.78 is 5.13. The summed E-state index contributed by atoms with van der Waals surface area (Å²) in [6.45, 7) is 9.47. The topological polar surface area (TPSA) is 21.3 Å². The maximum Gasteiger partial charge on any atom is 0.0467 e. The van der Waals surface area contributed by atoms with Crippen LogP contribution in [0.25, 0.3) is 0 Å². The highest BCUT2D eigenvalue weighted by Crippen LogP contribution is 2.18. The predicted molar refractivity (Wildman–Crippen MR) is 73.2 cm³/mol. The minimum absolute atomic E-state index is 0.292. The second-order valence-corrected chi connectivity index (χ2v) is 5.50. The van der Waals surface area contributed by atoms with E-state index in [0.29, 0.717) is 5.41 Å². The number of hydrogen-bond donors (Lipinski definition) is 1.